The minimum Gasteiger partial charge on any atom is -0.293 e. The van der Waals surface area contributed by atoms with Crippen molar-refractivity contribution in [2.75, 3.05) is 6.54 Å². The molecule has 0 spiro atoms. The highest BCUT2D eigenvalue weighted by molar-refractivity contribution is 5.63. The zero-order chi connectivity index (χ0) is 7.61. The predicted molar refractivity (Wildman–Crippen MR) is 32.1 cm³/mol. The molecule has 10 heavy (non-hydrogen) atoms. The van der Waals surface area contributed by atoms with Gasteiger partial charge in [0.15, 0.2) is 0 Å². The van der Waals surface area contributed by atoms with Gasteiger partial charge in [-0.25, -0.2) is 0 Å². The molecule has 1 rings (SSSR count). The first-order chi connectivity index (χ1) is 4.61. The van der Waals surface area contributed by atoms with E-state index in [1.54, 1.807) is 0 Å². The molecule has 0 saturated heterocycles. The number of hydrogen-bond donors (Lipinski definition) is 0. The number of rotatable bonds is 0. The first kappa shape index (κ1) is 7.31. The van der Waals surface area contributed by atoms with E-state index < -0.39 is 11.7 Å². The summed E-state index contributed by atoms with van der Waals surface area (Å²) in [5.41, 5.74) is -0.484. The normalized spacial score (nSPS) is 18.9. The summed E-state index contributed by atoms with van der Waals surface area (Å²) in [6.45, 7) is 0.162. The summed E-state index contributed by atoms with van der Waals surface area (Å²) in [7, 11) is 0. The summed E-state index contributed by atoms with van der Waals surface area (Å²) in [5, 5.41) is 0. The molecule has 0 radical (unpaired) electrons. The Morgan fingerprint density at radius 3 is 2.40 bits per heavy atom. The van der Waals surface area contributed by atoms with Crippen LogP contribution in [0.1, 0.15) is 6.42 Å². The Morgan fingerprint density at radius 1 is 1.40 bits per heavy atom. The third-order valence-corrected chi connectivity index (χ3v) is 1.25. The van der Waals surface area contributed by atoms with E-state index in [0.717, 1.165) is 6.08 Å². The topological polar surface area (TPSA) is 12.4 Å². The zero-order valence-corrected chi connectivity index (χ0v) is 5.15. The van der Waals surface area contributed by atoms with Gasteiger partial charge in [0.25, 0.3) is 0 Å². The number of dihydropyridines is 1. The molecule has 0 aromatic heterocycles. The molecule has 0 aromatic carbocycles. The average Bonchev–Trinajstić information content (AvgIpc) is 1.88. The molecule has 0 amide bonds. The molecule has 1 heterocycles. The predicted octanol–water partition coefficient (Wildman–Crippen LogP) is 1.95. The SMILES string of the molecule is FC(F)(F)C1=CCN=CC1. The van der Waals surface area contributed by atoms with Crippen molar-refractivity contribution in [1.82, 2.24) is 0 Å². The first-order valence-electron chi connectivity index (χ1n) is 2.85. The standard InChI is InChI=1S/C6H6F3N/c7-6(8,9)5-1-3-10-4-2-5/h1,4H,2-3H2. The van der Waals surface area contributed by atoms with Gasteiger partial charge in [0.2, 0.25) is 0 Å². The van der Waals surface area contributed by atoms with E-state index in [0.29, 0.717) is 0 Å². The van der Waals surface area contributed by atoms with E-state index in [4.69, 9.17) is 0 Å². The van der Waals surface area contributed by atoms with Crippen LogP contribution >= 0.6 is 0 Å². The maximum absolute atomic E-state index is 11.8. The third kappa shape index (κ3) is 1.59. The van der Waals surface area contributed by atoms with Gasteiger partial charge >= 0.3 is 6.18 Å². The highest BCUT2D eigenvalue weighted by Crippen LogP contribution is 2.28. The van der Waals surface area contributed by atoms with Crippen molar-refractivity contribution < 1.29 is 13.2 Å². The van der Waals surface area contributed by atoms with Crippen LogP contribution in [0.4, 0.5) is 13.2 Å². The van der Waals surface area contributed by atoms with Gasteiger partial charge < -0.3 is 0 Å². The number of hydrogen-bond acceptors (Lipinski definition) is 1. The van der Waals surface area contributed by atoms with Crippen molar-refractivity contribution in [2.24, 2.45) is 4.99 Å². The van der Waals surface area contributed by atoms with E-state index in [-0.39, 0.29) is 13.0 Å². The first-order valence-corrected chi connectivity index (χ1v) is 2.85. The lowest BCUT2D eigenvalue weighted by molar-refractivity contribution is -0.0927. The van der Waals surface area contributed by atoms with Gasteiger partial charge in [-0.05, 0) is 0 Å². The van der Waals surface area contributed by atoms with Gasteiger partial charge in [0, 0.05) is 18.2 Å². The van der Waals surface area contributed by atoms with Crippen molar-refractivity contribution >= 4 is 6.21 Å². The summed E-state index contributed by atoms with van der Waals surface area (Å²) in [6.07, 6.45) is -1.83. The van der Waals surface area contributed by atoms with Crippen LogP contribution in [0, 0.1) is 0 Å². The molecule has 0 atom stereocenters. The Balaban J connectivity index is 2.65. The molecule has 1 aliphatic rings. The van der Waals surface area contributed by atoms with Crippen LogP contribution in [0.5, 0.6) is 0 Å². The van der Waals surface area contributed by atoms with Crippen LogP contribution in [0.3, 0.4) is 0 Å². The lowest BCUT2D eigenvalue weighted by atomic mass is 10.1. The minimum atomic E-state index is -4.16. The van der Waals surface area contributed by atoms with Crippen LogP contribution in [-0.4, -0.2) is 18.9 Å². The highest BCUT2D eigenvalue weighted by Gasteiger charge is 2.32. The quantitative estimate of drug-likeness (QED) is 0.467. The van der Waals surface area contributed by atoms with Gasteiger partial charge in [-0.15, -0.1) is 0 Å². The molecule has 0 bridgehead atoms. The van der Waals surface area contributed by atoms with Crippen molar-refractivity contribution in [1.29, 1.82) is 0 Å². The van der Waals surface area contributed by atoms with Gasteiger partial charge in [0.05, 0.1) is 6.54 Å². The summed E-state index contributed by atoms with van der Waals surface area (Å²) in [5.74, 6) is 0. The largest absolute Gasteiger partial charge is 0.412 e. The van der Waals surface area contributed by atoms with E-state index in [9.17, 15) is 13.2 Å². The third-order valence-electron chi connectivity index (χ3n) is 1.25. The van der Waals surface area contributed by atoms with E-state index in [1.807, 2.05) is 0 Å². The molecule has 4 heteroatoms. The maximum Gasteiger partial charge on any atom is 0.412 e. The molecule has 0 N–H and O–H groups in total. The Labute approximate surface area is 56.3 Å². The number of allylic oxidation sites excluding steroid dienone is 1. The molecular weight excluding hydrogens is 143 g/mol. The summed E-state index contributed by atoms with van der Waals surface area (Å²) in [4.78, 5) is 3.64. The molecule has 0 unspecified atom stereocenters. The van der Waals surface area contributed by atoms with Gasteiger partial charge in [-0.1, -0.05) is 6.08 Å². The van der Waals surface area contributed by atoms with Crippen LogP contribution in [0.25, 0.3) is 0 Å². The summed E-state index contributed by atoms with van der Waals surface area (Å²) < 4.78 is 35.4. The molecule has 1 nitrogen and oxygen atoms in total. The van der Waals surface area contributed by atoms with E-state index in [1.165, 1.54) is 6.21 Å². The monoisotopic (exact) mass is 149 g/mol. The molecule has 1 aliphatic heterocycles. The zero-order valence-electron chi connectivity index (χ0n) is 5.15. The smallest absolute Gasteiger partial charge is 0.293 e. The fourth-order valence-electron chi connectivity index (χ4n) is 0.715. The van der Waals surface area contributed by atoms with Gasteiger partial charge in [-0.3, -0.25) is 4.99 Å². The van der Waals surface area contributed by atoms with Crippen LogP contribution in [0.15, 0.2) is 16.6 Å². The van der Waals surface area contributed by atoms with Crippen LogP contribution in [0.2, 0.25) is 0 Å². The van der Waals surface area contributed by atoms with E-state index >= 15 is 0 Å². The minimum absolute atomic E-state index is 0.0799. The highest BCUT2D eigenvalue weighted by atomic mass is 19.4. The Kier molecular flexibility index (Phi) is 1.78. The van der Waals surface area contributed by atoms with Crippen molar-refractivity contribution in [2.45, 2.75) is 12.6 Å². The lowest BCUT2D eigenvalue weighted by Crippen LogP contribution is -2.14. The molecule has 0 aromatic rings. The average molecular weight is 149 g/mol. The van der Waals surface area contributed by atoms with Crippen LogP contribution < -0.4 is 0 Å². The fraction of sp³-hybridized carbons (Fsp3) is 0.500. The Hall–Kier alpha value is -0.800. The number of aliphatic imine (C=N–C) groups is 1. The molecule has 0 saturated carbocycles. The van der Waals surface area contributed by atoms with Crippen molar-refractivity contribution in [3.63, 3.8) is 0 Å². The van der Waals surface area contributed by atoms with E-state index in [2.05, 4.69) is 4.99 Å². The molecular formula is C6H6F3N. The lowest BCUT2D eigenvalue weighted by Gasteiger charge is -2.10. The maximum atomic E-state index is 11.8. The van der Waals surface area contributed by atoms with Gasteiger partial charge in [0.1, 0.15) is 0 Å². The van der Waals surface area contributed by atoms with Crippen molar-refractivity contribution in [3.05, 3.63) is 11.6 Å². The Morgan fingerprint density at radius 2 is 2.10 bits per heavy atom. The Bertz CT molecular complexity index is 178. The molecule has 56 valence electrons. The second kappa shape index (κ2) is 2.44. The van der Waals surface area contributed by atoms with Gasteiger partial charge in [-0.2, -0.15) is 13.2 Å². The molecule has 0 aliphatic carbocycles. The van der Waals surface area contributed by atoms with Crippen molar-refractivity contribution in [3.8, 4) is 0 Å². The van der Waals surface area contributed by atoms with Crippen LogP contribution in [-0.2, 0) is 0 Å². The number of alkyl halides is 3. The second-order valence-corrected chi connectivity index (χ2v) is 1.98. The fourth-order valence-corrected chi connectivity index (χ4v) is 0.715. The molecule has 0 fully saturated rings. The summed E-state index contributed by atoms with van der Waals surface area (Å²) in [6, 6.07) is 0. The summed E-state index contributed by atoms with van der Waals surface area (Å²) >= 11 is 0. The second-order valence-electron chi connectivity index (χ2n) is 1.98. The number of halogens is 3. The number of nitrogens with zero attached hydrogens (tertiary/aromatic N) is 1.